The molecule has 0 amide bonds. The molecule has 7 nitrogen and oxygen atoms in total. The summed E-state index contributed by atoms with van der Waals surface area (Å²) >= 11 is 0. The van der Waals surface area contributed by atoms with Crippen LogP contribution in [0.4, 0.5) is 14.5 Å². The van der Waals surface area contributed by atoms with Crippen LogP contribution in [0.25, 0.3) is 12.2 Å². The minimum Gasteiger partial charge on any atom is -0.486 e. The lowest BCUT2D eigenvalue weighted by molar-refractivity contribution is -0.141. The summed E-state index contributed by atoms with van der Waals surface area (Å²) in [5.41, 5.74) is 3.15. The lowest BCUT2D eigenvalue weighted by Crippen LogP contribution is -2.43. The first-order valence-corrected chi connectivity index (χ1v) is 13.3. The average molecular weight is 544 g/mol. The van der Waals surface area contributed by atoms with Crippen molar-refractivity contribution < 1.29 is 36.2 Å². The van der Waals surface area contributed by atoms with Gasteiger partial charge >= 0.3 is 12.6 Å². The second kappa shape index (κ2) is 11.6. The van der Waals surface area contributed by atoms with E-state index >= 15 is 0 Å². The largest absolute Gasteiger partial charge is 0.486 e. The van der Waals surface area contributed by atoms with Crippen molar-refractivity contribution in [1.82, 2.24) is 0 Å². The molecule has 0 N–H and O–H groups in total. The Hall–Kier alpha value is -3.92. The maximum absolute atomic E-state index is 13.8. The van der Waals surface area contributed by atoms with E-state index in [1.807, 2.05) is 43.3 Å². The summed E-state index contributed by atoms with van der Waals surface area (Å²) in [5, 5.41) is 0. The summed E-state index contributed by atoms with van der Waals surface area (Å²) in [6.45, 7) is -1.18. The molecule has 4 rings (SSSR count). The number of rotatable bonds is 9. The number of anilines is 1. The molecule has 200 valence electrons. The summed E-state index contributed by atoms with van der Waals surface area (Å²) < 4.78 is 69.3. The van der Waals surface area contributed by atoms with Crippen LogP contribution in [0.2, 0.25) is 0 Å². The van der Waals surface area contributed by atoms with E-state index in [0.29, 0.717) is 11.4 Å². The number of hydrogen-bond acceptors (Lipinski definition) is 6. The van der Waals surface area contributed by atoms with E-state index in [1.165, 1.54) is 29.6 Å². The van der Waals surface area contributed by atoms with E-state index in [2.05, 4.69) is 4.74 Å². The van der Waals surface area contributed by atoms with Crippen molar-refractivity contribution in [1.29, 1.82) is 0 Å². The monoisotopic (exact) mass is 543 g/mol. The number of nitrogens with zero attached hydrogens (tertiary/aromatic N) is 1. The number of methoxy groups -OCH3 is 1. The second-order valence-electron chi connectivity index (χ2n) is 8.72. The van der Waals surface area contributed by atoms with E-state index in [1.54, 1.807) is 18.2 Å². The lowest BCUT2D eigenvalue weighted by Gasteiger charge is -2.35. The van der Waals surface area contributed by atoms with Crippen molar-refractivity contribution in [2.24, 2.45) is 0 Å². The molecular weight excluding hydrogens is 516 g/mol. The first-order valence-electron chi connectivity index (χ1n) is 11.9. The maximum atomic E-state index is 13.8. The number of halogens is 2. The number of aryl methyl sites for hydroxylation is 1. The van der Waals surface area contributed by atoms with Gasteiger partial charge in [0, 0.05) is 12.5 Å². The number of alkyl halides is 2. The molecule has 3 aromatic rings. The summed E-state index contributed by atoms with van der Waals surface area (Å²) in [4.78, 5) is 11.5. The fourth-order valence-electron chi connectivity index (χ4n) is 4.00. The third-order valence-corrected chi connectivity index (χ3v) is 7.75. The minimum atomic E-state index is -4.21. The highest BCUT2D eigenvalue weighted by Crippen LogP contribution is 2.39. The molecular formula is C28H27F2NO6S. The van der Waals surface area contributed by atoms with Gasteiger partial charge in [-0.15, -0.1) is 0 Å². The van der Waals surface area contributed by atoms with Gasteiger partial charge in [-0.1, -0.05) is 54.1 Å². The number of fused-ring (bicyclic) bond motifs is 1. The molecule has 10 heteroatoms. The van der Waals surface area contributed by atoms with Crippen molar-refractivity contribution in [3.63, 3.8) is 0 Å². The summed E-state index contributed by atoms with van der Waals surface area (Å²) in [7, 11) is -2.94. The molecule has 1 aliphatic heterocycles. The van der Waals surface area contributed by atoms with Crippen LogP contribution in [0, 0.1) is 6.92 Å². The Labute approximate surface area is 220 Å². The van der Waals surface area contributed by atoms with E-state index in [9.17, 15) is 22.0 Å². The van der Waals surface area contributed by atoms with E-state index in [4.69, 9.17) is 9.47 Å². The van der Waals surface area contributed by atoms with Gasteiger partial charge in [0.05, 0.1) is 24.2 Å². The highest BCUT2D eigenvalue weighted by atomic mass is 32.2. The molecule has 1 atom stereocenters. The summed E-state index contributed by atoms with van der Waals surface area (Å²) in [6, 6.07) is 18.1. The maximum Gasteiger partial charge on any atom is 0.387 e. The molecule has 0 saturated heterocycles. The number of carbonyl (C=O) groups is 1. The van der Waals surface area contributed by atoms with E-state index in [-0.39, 0.29) is 30.0 Å². The fourth-order valence-corrected chi connectivity index (χ4v) is 5.53. The van der Waals surface area contributed by atoms with Gasteiger partial charge in [-0.2, -0.15) is 8.78 Å². The highest BCUT2D eigenvalue weighted by Gasteiger charge is 2.35. The first-order chi connectivity index (χ1) is 18.2. The molecule has 0 bridgehead atoms. The zero-order valence-electron chi connectivity index (χ0n) is 20.8. The van der Waals surface area contributed by atoms with Gasteiger partial charge in [-0.25, -0.2) is 8.42 Å². The number of esters is 1. The third-order valence-electron chi connectivity index (χ3n) is 5.98. The normalized spacial score (nSPS) is 15.3. The third kappa shape index (κ3) is 6.49. The zero-order valence-corrected chi connectivity index (χ0v) is 21.7. The number of ether oxygens (including phenoxy) is 3. The van der Waals surface area contributed by atoms with Crippen molar-refractivity contribution in [2.75, 3.05) is 18.0 Å². The number of benzene rings is 3. The molecule has 1 unspecified atom stereocenters. The van der Waals surface area contributed by atoms with Crippen LogP contribution in [0.1, 0.15) is 29.5 Å². The van der Waals surface area contributed by atoms with Crippen LogP contribution in [0.5, 0.6) is 11.5 Å². The molecule has 38 heavy (non-hydrogen) atoms. The topological polar surface area (TPSA) is 82.1 Å². The van der Waals surface area contributed by atoms with Crippen LogP contribution in [-0.2, 0) is 19.6 Å². The molecule has 3 aromatic carbocycles. The first kappa shape index (κ1) is 27.1. The average Bonchev–Trinajstić information content (AvgIpc) is 2.90. The number of sulfonamides is 1. The van der Waals surface area contributed by atoms with Gasteiger partial charge in [-0.3, -0.25) is 9.10 Å². The van der Waals surface area contributed by atoms with Crippen molar-refractivity contribution in [3.05, 3.63) is 83.4 Å². The van der Waals surface area contributed by atoms with Gasteiger partial charge in [0.2, 0.25) is 0 Å². The minimum absolute atomic E-state index is 0.0411. The Kier molecular flexibility index (Phi) is 8.31. The Balaban J connectivity index is 1.70. The number of carbonyl (C=O) groups excluding carboxylic acids is 1. The Morgan fingerprint density at radius 3 is 2.50 bits per heavy atom. The van der Waals surface area contributed by atoms with Gasteiger partial charge < -0.3 is 14.2 Å². The van der Waals surface area contributed by atoms with Gasteiger partial charge in [0.15, 0.2) is 0 Å². The van der Waals surface area contributed by atoms with Crippen LogP contribution >= 0.6 is 0 Å². The molecule has 0 radical (unpaired) electrons. The molecule has 0 saturated carbocycles. The predicted octanol–water partition coefficient (Wildman–Crippen LogP) is 5.68. The number of hydrogen-bond donors (Lipinski definition) is 0. The van der Waals surface area contributed by atoms with Crippen LogP contribution in [0.3, 0.4) is 0 Å². The van der Waals surface area contributed by atoms with Gasteiger partial charge in [0.25, 0.3) is 10.0 Å². The Morgan fingerprint density at radius 2 is 1.79 bits per heavy atom. The molecule has 0 aliphatic carbocycles. The summed E-state index contributed by atoms with van der Waals surface area (Å²) in [5.74, 6) is -0.393. The van der Waals surface area contributed by atoms with Crippen molar-refractivity contribution in [2.45, 2.75) is 37.4 Å². The molecule has 0 fully saturated rings. The molecule has 1 aliphatic rings. The zero-order chi connectivity index (χ0) is 27.3. The molecule has 0 aromatic heterocycles. The second-order valence-corrected chi connectivity index (χ2v) is 10.6. The van der Waals surface area contributed by atoms with Crippen molar-refractivity contribution in [3.8, 4) is 11.5 Å². The molecule has 1 heterocycles. The van der Waals surface area contributed by atoms with E-state index in [0.717, 1.165) is 22.8 Å². The van der Waals surface area contributed by atoms with Crippen molar-refractivity contribution >= 4 is 33.8 Å². The van der Waals surface area contributed by atoms with Crippen LogP contribution in [-0.4, -0.2) is 40.8 Å². The SMILES string of the molecule is COC(=O)CCC1CN(S(=O)(=O)c2cccc(OC(F)F)c2)c2cc(C=Cc3ccc(C)cc3)ccc2O1. The van der Waals surface area contributed by atoms with Gasteiger partial charge in [0.1, 0.15) is 17.6 Å². The fraction of sp³-hybridized carbons (Fsp3) is 0.250. The Bertz CT molecular complexity index is 1420. The standard InChI is InChI=1S/C28H27F2NO6S/c1-19-6-8-20(9-7-19)10-11-21-12-14-26-25(16-21)31(18-23(36-26)13-15-27(32)35-2)38(33,34)24-5-3-4-22(17-24)37-28(29)30/h3-12,14,16-17,23,28H,13,15,18H2,1-2H3. The van der Waals surface area contributed by atoms with E-state index < -0.39 is 28.7 Å². The predicted molar refractivity (Wildman–Crippen MR) is 140 cm³/mol. The smallest absolute Gasteiger partial charge is 0.387 e. The lowest BCUT2D eigenvalue weighted by atomic mass is 10.1. The highest BCUT2D eigenvalue weighted by molar-refractivity contribution is 7.92. The van der Waals surface area contributed by atoms with Crippen LogP contribution < -0.4 is 13.8 Å². The Morgan fingerprint density at radius 1 is 1.08 bits per heavy atom. The quantitative estimate of drug-likeness (QED) is 0.255. The van der Waals surface area contributed by atoms with Crippen LogP contribution in [0.15, 0.2) is 71.6 Å². The van der Waals surface area contributed by atoms with Gasteiger partial charge in [-0.05, 0) is 48.7 Å². The summed E-state index contributed by atoms with van der Waals surface area (Å²) in [6.07, 6.45) is 3.40. The molecule has 0 spiro atoms.